The Hall–Kier alpha value is -0.580. The average Bonchev–Trinajstić information content (AvgIpc) is 2.43. The summed E-state index contributed by atoms with van der Waals surface area (Å²) in [6, 6.07) is 11.6. The highest BCUT2D eigenvalue weighted by Gasteiger charge is 2.14. The van der Waals surface area contributed by atoms with Crippen molar-refractivity contribution in [3.8, 4) is 0 Å². The first-order valence-corrected chi connectivity index (χ1v) is 7.72. The van der Waals surface area contributed by atoms with Crippen molar-refractivity contribution >= 4 is 39.1 Å². The molecule has 0 radical (unpaired) electrons. The van der Waals surface area contributed by atoms with E-state index in [4.69, 9.17) is 29.0 Å². The van der Waals surface area contributed by atoms with E-state index in [0.29, 0.717) is 16.5 Å². The molecular weight excluding hydrogens is 359 g/mol. The molecule has 2 aromatic rings. The molecule has 0 aliphatic carbocycles. The molecule has 0 amide bonds. The molecule has 2 rings (SSSR count). The largest absolute Gasteiger partial charge is 0.271 e. The van der Waals surface area contributed by atoms with Gasteiger partial charge in [0.2, 0.25) is 0 Å². The maximum Gasteiger partial charge on any atom is 0.0501 e. The van der Waals surface area contributed by atoms with Gasteiger partial charge < -0.3 is 0 Å². The van der Waals surface area contributed by atoms with E-state index in [1.807, 2.05) is 13.0 Å². The third-order valence-corrected chi connectivity index (χ3v) is 4.69. The van der Waals surface area contributed by atoms with Crippen molar-refractivity contribution in [3.05, 3.63) is 67.6 Å². The Morgan fingerprint density at radius 1 is 1.20 bits per heavy atom. The Bertz CT molecular complexity index is 617. The summed E-state index contributed by atoms with van der Waals surface area (Å²) in [6.07, 6.45) is 0.672. The van der Waals surface area contributed by atoms with Gasteiger partial charge >= 0.3 is 0 Å². The van der Waals surface area contributed by atoms with E-state index in [1.54, 1.807) is 12.1 Å². The van der Waals surface area contributed by atoms with E-state index in [2.05, 4.69) is 39.6 Å². The molecule has 0 saturated heterocycles. The lowest BCUT2D eigenvalue weighted by Gasteiger charge is -2.18. The number of benzene rings is 2. The first-order chi connectivity index (χ1) is 9.51. The van der Waals surface area contributed by atoms with E-state index >= 15 is 0 Å². The van der Waals surface area contributed by atoms with Gasteiger partial charge in [0.1, 0.15) is 0 Å². The van der Waals surface area contributed by atoms with E-state index in [1.165, 1.54) is 5.56 Å². The number of hydrazine groups is 1. The first kappa shape index (κ1) is 15.8. The SMILES string of the molecule is Cc1ccc(C(Cc2cc(Cl)ccc2Cl)NN)cc1Br. The van der Waals surface area contributed by atoms with Gasteiger partial charge in [-0.2, -0.15) is 0 Å². The Morgan fingerprint density at radius 3 is 2.60 bits per heavy atom. The Kier molecular flexibility index (Phi) is 5.47. The Labute approximate surface area is 137 Å². The minimum absolute atomic E-state index is 0.0251. The van der Waals surface area contributed by atoms with Crippen LogP contribution in [0.5, 0.6) is 0 Å². The predicted octanol–water partition coefficient (Wildman–Crippen LogP) is 4.81. The minimum atomic E-state index is -0.0251. The molecule has 0 aliphatic rings. The molecule has 3 N–H and O–H groups in total. The van der Waals surface area contributed by atoms with Crippen molar-refractivity contribution in [2.24, 2.45) is 5.84 Å². The Balaban J connectivity index is 2.28. The van der Waals surface area contributed by atoms with Crippen molar-refractivity contribution in [2.45, 2.75) is 19.4 Å². The highest BCUT2D eigenvalue weighted by molar-refractivity contribution is 9.10. The fourth-order valence-electron chi connectivity index (χ4n) is 2.02. The van der Waals surface area contributed by atoms with Gasteiger partial charge in [0.25, 0.3) is 0 Å². The zero-order valence-electron chi connectivity index (χ0n) is 11.0. The van der Waals surface area contributed by atoms with E-state index in [-0.39, 0.29) is 6.04 Å². The number of aryl methyl sites for hydroxylation is 1. The molecule has 2 nitrogen and oxygen atoms in total. The monoisotopic (exact) mass is 372 g/mol. The van der Waals surface area contributed by atoms with Gasteiger partial charge in [-0.25, -0.2) is 0 Å². The smallest absolute Gasteiger partial charge is 0.0501 e. The van der Waals surface area contributed by atoms with Gasteiger partial charge in [-0.05, 0) is 54.3 Å². The fraction of sp³-hybridized carbons (Fsp3) is 0.200. The van der Waals surface area contributed by atoms with Crippen LogP contribution in [-0.2, 0) is 6.42 Å². The minimum Gasteiger partial charge on any atom is -0.271 e. The summed E-state index contributed by atoms with van der Waals surface area (Å²) in [5, 5.41) is 1.37. The van der Waals surface area contributed by atoms with E-state index in [0.717, 1.165) is 15.6 Å². The normalized spacial score (nSPS) is 12.4. The van der Waals surface area contributed by atoms with Crippen LogP contribution in [0.1, 0.15) is 22.7 Å². The number of hydrogen-bond acceptors (Lipinski definition) is 2. The summed E-state index contributed by atoms with van der Waals surface area (Å²) in [7, 11) is 0. The molecule has 106 valence electrons. The lowest BCUT2D eigenvalue weighted by molar-refractivity contribution is 0.551. The third kappa shape index (κ3) is 3.74. The molecular formula is C15H15BrCl2N2. The molecule has 1 atom stereocenters. The zero-order valence-corrected chi connectivity index (χ0v) is 14.1. The van der Waals surface area contributed by atoms with Crippen molar-refractivity contribution in [1.29, 1.82) is 0 Å². The number of hydrogen-bond donors (Lipinski definition) is 2. The van der Waals surface area contributed by atoms with Crippen LogP contribution in [0.3, 0.4) is 0 Å². The van der Waals surface area contributed by atoms with Crippen LogP contribution in [-0.4, -0.2) is 0 Å². The number of rotatable bonds is 4. The summed E-state index contributed by atoms with van der Waals surface area (Å²) in [4.78, 5) is 0. The van der Waals surface area contributed by atoms with Gasteiger partial charge in [0.05, 0.1) is 6.04 Å². The van der Waals surface area contributed by atoms with E-state index in [9.17, 15) is 0 Å². The number of nitrogens with two attached hydrogens (primary N) is 1. The maximum atomic E-state index is 6.20. The standard InChI is InChI=1S/C15H15BrCl2N2/c1-9-2-3-10(7-13(9)16)15(20-19)8-11-6-12(17)4-5-14(11)18/h2-7,15,20H,8,19H2,1H3. The average molecular weight is 374 g/mol. The van der Waals surface area contributed by atoms with Crippen LogP contribution < -0.4 is 11.3 Å². The highest BCUT2D eigenvalue weighted by Crippen LogP contribution is 2.28. The van der Waals surface area contributed by atoms with Crippen molar-refractivity contribution in [2.75, 3.05) is 0 Å². The van der Waals surface area contributed by atoms with Gasteiger partial charge in [0, 0.05) is 14.5 Å². The first-order valence-electron chi connectivity index (χ1n) is 6.17. The molecule has 0 aromatic heterocycles. The van der Waals surface area contributed by atoms with Crippen LogP contribution in [0, 0.1) is 6.92 Å². The van der Waals surface area contributed by atoms with Crippen LogP contribution in [0.4, 0.5) is 0 Å². The highest BCUT2D eigenvalue weighted by atomic mass is 79.9. The topological polar surface area (TPSA) is 38.0 Å². The second-order valence-corrected chi connectivity index (χ2v) is 6.37. The number of halogens is 3. The van der Waals surface area contributed by atoms with E-state index < -0.39 is 0 Å². The summed E-state index contributed by atoms with van der Waals surface area (Å²) < 4.78 is 1.06. The molecule has 0 aliphatic heterocycles. The maximum absolute atomic E-state index is 6.20. The second kappa shape index (κ2) is 6.92. The van der Waals surface area contributed by atoms with Crippen molar-refractivity contribution < 1.29 is 0 Å². The molecule has 0 heterocycles. The molecule has 0 bridgehead atoms. The zero-order chi connectivity index (χ0) is 14.7. The molecule has 20 heavy (non-hydrogen) atoms. The second-order valence-electron chi connectivity index (χ2n) is 4.67. The molecule has 0 fully saturated rings. The van der Waals surface area contributed by atoms with Crippen LogP contribution >= 0.6 is 39.1 Å². The Morgan fingerprint density at radius 2 is 1.95 bits per heavy atom. The van der Waals surface area contributed by atoms with Gasteiger partial charge in [-0.1, -0.05) is 51.3 Å². The summed E-state index contributed by atoms with van der Waals surface area (Å²) in [5.41, 5.74) is 6.09. The molecule has 5 heteroatoms. The third-order valence-electron chi connectivity index (χ3n) is 3.23. The number of nitrogens with one attached hydrogen (secondary N) is 1. The van der Waals surface area contributed by atoms with Gasteiger partial charge in [0.15, 0.2) is 0 Å². The quantitative estimate of drug-likeness (QED) is 0.596. The lowest BCUT2D eigenvalue weighted by atomic mass is 9.98. The summed E-state index contributed by atoms with van der Waals surface area (Å²) >= 11 is 15.8. The van der Waals surface area contributed by atoms with Crippen LogP contribution in [0.2, 0.25) is 10.0 Å². The molecule has 0 spiro atoms. The van der Waals surface area contributed by atoms with Crippen LogP contribution in [0.25, 0.3) is 0 Å². The predicted molar refractivity (Wildman–Crippen MR) is 89.1 cm³/mol. The summed E-state index contributed by atoms with van der Waals surface area (Å²) in [5.74, 6) is 5.69. The van der Waals surface area contributed by atoms with Crippen LogP contribution in [0.15, 0.2) is 40.9 Å². The lowest BCUT2D eigenvalue weighted by Crippen LogP contribution is -2.29. The van der Waals surface area contributed by atoms with Gasteiger partial charge in [-0.3, -0.25) is 11.3 Å². The van der Waals surface area contributed by atoms with Crippen molar-refractivity contribution in [3.63, 3.8) is 0 Å². The molecule has 2 aromatic carbocycles. The fourth-order valence-corrected chi connectivity index (χ4v) is 2.80. The molecule has 0 saturated carbocycles. The van der Waals surface area contributed by atoms with Gasteiger partial charge in [-0.15, -0.1) is 0 Å². The summed E-state index contributed by atoms with van der Waals surface area (Å²) in [6.45, 7) is 2.05. The molecule has 1 unspecified atom stereocenters. The van der Waals surface area contributed by atoms with Crippen molar-refractivity contribution in [1.82, 2.24) is 5.43 Å².